The molecule has 0 saturated heterocycles. The number of ether oxygens (including phenoxy) is 2. The van der Waals surface area contributed by atoms with E-state index in [1.54, 1.807) is 5.57 Å². The number of methoxy groups -OCH3 is 1. The van der Waals surface area contributed by atoms with Gasteiger partial charge in [-0.3, -0.25) is 9.59 Å². The van der Waals surface area contributed by atoms with Gasteiger partial charge in [0.15, 0.2) is 0 Å². The third-order valence-corrected chi connectivity index (χ3v) is 10.2. The Morgan fingerprint density at radius 1 is 1.13 bits per heavy atom. The van der Waals surface area contributed by atoms with Crippen molar-refractivity contribution in [2.45, 2.75) is 98.0 Å². The van der Waals surface area contributed by atoms with Crippen LogP contribution in [-0.4, -0.2) is 25.2 Å². The maximum Gasteiger partial charge on any atom is 0.305 e. The molecular formula is C27H42O4. The number of hydrogen-bond donors (Lipinski definition) is 0. The van der Waals surface area contributed by atoms with Gasteiger partial charge in [0.2, 0.25) is 0 Å². The summed E-state index contributed by atoms with van der Waals surface area (Å²) in [7, 11) is 1.49. The van der Waals surface area contributed by atoms with Crippen molar-refractivity contribution in [1.29, 1.82) is 0 Å². The molecule has 0 unspecified atom stereocenters. The summed E-state index contributed by atoms with van der Waals surface area (Å²) in [4.78, 5) is 23.1. The Kier molecular flexibility index (Phi) is 6.31. The smallest absolute Gasteiger partial charge is 0.305 e. The van der Waals surface area contributed by atoms with Crippen molar-refractivity contribution in [1.82, 2.24) is 0 Å². The van der Waals surface area contributed by atoms with Crippen LogP contribution < -0.4 is 0 Å². The fourth-order valence-electron chi connectivity index (χ4n) is 8.59. The van der Waals surface area contributed by atoms with Crippen molar-refractivity contribution in [2.24, 2.45) is 40.4 Å². The number of fused-ring (bicyclic) bond motifs is 5. The Morgan fingerprint density at radius 2 is 1.90 bits per heavy atom. The Balaban J connectivity index is 1.48. The summed E-state index contributed by atoms with van der Waals surface area (Å²) in [5, 5.41) is 0. The quantitative estimate of drug-likeness (QED) is 0.391. The maximum atomic E-state index is 11.7. The molecule has 0 aromatic heterocycles. The van der Waals surface area contributed by atoms with Crippen molar-refractivity contribution in [3.8, 4) is 0 Å². The largest absolute Gasteiger partial charge is 0.469 e. The van der Waals surface area contributed by atoms with Crippen LogP contribution in [0.1, 0.15) is 91.9 Å². The summed E-state index contributed by atoms with van der Waals surface area (Å²) in [6.45, 7) is 8.97. The molecule has 0 spiro atoms. The van der Waals surface area contributed by atoms with Gasteiger partial charge < -0.3 is 9.47 Å². The van der Waals surface area contributed by atoms with Gasteiger partial charge in [0.05, 0.1) is 7.11 Å². The van der Waals surface area contributed by atoms with Gasteiger partial charge in [0.25, 0.3) is 0 Å². The van der Waals surface area contributed by atoms with Gasteiger partial charge >= 0.3 is 11.9 Å². The van der Waals surface area contributed by atoms with Gasteiger partial charge in [-0.1, -0.05) is 32.4 Å². The lowest BCUT2D eigenvalue weighted by Gasteiger charge is -2.58. The van der Waals surface area contributed by atoms with Crippen molar-refractivity contribution in [3.05, 3.63) is 11.6 Å². The number of esters is 2. The van der Waals surface area contributed by atoms with E-state index in [1.165, 1.54) is 46.1 Å². The molecule has 3 fully saturated rings. The summed E-state index contributed by atoms with van der Waals surface area (Å²) in [6, 6.07) is 0. The molecule has 0 amide bonds. The Hall–Kier alpha value is -1.32. The van der Waals surface area contributed by atoms with E-state index in [0.717, 1.165) is 49.4 Å². The molecule has 4 rings (SSSR count). The van der Waals surface area contributed by atoms with Crippen LogP contribution in [-0.2, 0) is 19.1 Å². The Bertz CT molecular complexity index is 742. The van der Waals surface area contributed by atoms with Crippen LogP contribution in [0.3, 0.4) is 0 Å². The molecule has 4 heteroatoms. The molecule has 3 saturated carbocycles. The first-order chi connectivity index (χ1) is 14.7. The van der Waals surface area contributed by atoms with Crippen LogP contribution >= 0.6 is 0 Å². The van der Waals surface area contributed by atoms with Crippen LogP contribution in [0.4, 0.5) is 0 Å². The molecule has 0 aromatic rings. The lowest BCUT2D eigenvalue weighted by molar-refractivity contribution is -0.148. The second-order valence-electron chi connectivity index (χ2n) is 11.6. The lowest BCUT2D eigenvalue weighted by Crippen LogP contribution is -2.51. The third kappa shape index (κ3) is 3.97. The number of carbonyl (C=O) groups excluding carboxylic acids is 2. The first-order valence-electron chi connectivity index (χ1n) is 12.6. The van der Waals surface area contributed by atoms with E-state index in [9.17, 15) is 9.59 Å². The Morgan fingerprint density at radius 3 is 2.61 bits per heavy atom. The predicted molar refractivity (Wildman–Crippen MR) is 121 cm³/mol. The lowest BCUT2D eigenvalue weighted by atomic mass is 9.47. The van der Waals surface area contributed by atoms with E-state index in [2.05, 4.69) is 26.8 Å². The molecule has 0 heterocycles. The molecule has 0 N–H and O–H groups in total. The van der Waals surface area contributed by atoms with E-state index in [4.69, 9.17) is 9.47 Å². The Labute approximate surface area is 188 Å². The highest BCUT2D eigenvalue weighted by Gasteiger charge is 2.59. The van der Waals surface area contributed by atoms with Crippen LogP contribution in [0.2, 0.25) is 0 Å². The maximum absolute atomic E-state index is 11.7. The standard InChI is InChI=1S/C27H42O4/c1-17(6-11-25(29)30-5)22-9-10-23-21-8-7-19-16-20(31-18(2)28)12-14-26(19,3)24(21)13-15-27(22,23)4/h7,17,20-24H,6,8-16H2,1-5H3/t17-,20+,21+,22-,23+,24+,26+,27-/m1/s1. The normalized spacial score (nSPS) is 42.5. The second-order valence-corrected chi connectivity index (χ2v) is 11.6. The van der Waals surface area contributed by atoms with Crippen molar-refractivity contribution >= 4 is 11.9 Å². The molecule has 4 aliphatic rings. The van der Waals surface area contributed by atoms with Crippen molar-refractivity contribution in [2.75, 3.05) is 7.11 Å². The average molecular weight is 431 g/mol. The summed E-state index contributed by atoms with van der Waals surface area (Å²) < 4.78 is 10.5. The minimum atomic E-state index is -0.144. The molecule has 174 valence electrons. The minimum absolute atomic E-state index is 0.0718. The van der Waals surface area contributed by atoms with Gasteiger partial charge in [-0.05, 0) is 91.8 Å². The molecular weight excluding hydrogens is 388 g/mol. The molecule has 31 heavy (non-hydrogen) atoms. The zero-order chi connectivity index (χ0) is 22.4. The summed E-state index contributed by atoms with van der Waals surface area (Å²) in [6.07, 6.45) is 13.7. The van der Waals surface area contributed by atoms with Gasteiger partial charge in [-0.15, -0.1) is 0 Å². The molecule has 4 nitrogen and oxygen atoms in total. The number of hydrogen-bond acceptors (Lipinski definition) is 4. The van der Waals surface area contributed by atoms with E-state index in [-0.39, 0.29) is 23.5 Å². The number of rotatable bonds is 5. The summed E-state index contributed by atoms with van der Waals surface area (Å²) in [5.41, 5.74) is 2.26. The van der Waals surface area contributed by atoms with Gasteiger partial charge in [0.1, 0.15) is 6.10 Å². The van der Waals surface area contributed by atoms with Gasteiger partial charge in [0, 0.05) is 19.8 Å². The highest BCUT2D eigenvalue weighted by Crippen LogP contribution is 2.67. The van der Waals surface area contributed by atoms with Gasteiger partial charge in [-0.25, -0.2) is 0 Å². The average Bonchev–Trinajstić information content (AvgIpc) is 3.09. The first-order valence-corrected chi connectivity index (χ1v) is 12.6. The summed E-state index contributed by atoms with van der Waals surface area (Å²) in [5.74, 6) is 3.45. The molecule has 0 aromatic carbocycles. The number of allylic oxidation sites excluding steroid dienone is 1. The zero-order valence-electron chi connectivity index (χ0n) is 20.2. The molecule has 0 bridgehead atoms. The molecule has 0 radical (unpaired) electrons. The van der Waals surface area contributed by atoms with E-state index >= 15 is 0 Å². The predicted octanol–water partition coefficient (Wildman–Crippen LogP) is 6.09. The van der Waals surface area contributed by atoms with Crippen LogP contribution in [0.5, 0.6) is 0 Å². The fraction of sp³-hybridized carbons (Fsp3) is 0.852. The molecule has 4 aliphatic carbocycles. The van der Waals surface area contributed by atoms with Crippen molar-refractivity contribution in [3.63, 3.8) is 0 Å². The van der Waals surface area contributed by atoms with Gasteiger partial charge in [-0.2, -0.15) is 0 Å². The van der Waals surface area contributed by atoms with E-state index in [0.29, 0.717) is 17.8 Å². The second kappa shape index (κ2) is 8.56. The van der Waals surface area contributed by atoms with Crippen molar-refractivity contribution < 1.29 is 19.1 Å². The topological polar surface area (TPSA) is 52.6 Å². The monoisotopic (exact) mass is 430 g/mol. The van der Waals surface area contributed by atoms with Crippen LogP contribution in [0.25, 0.3) is 0 Å². The minimum Gasteiger partial charge on any atom is -0.469 e. The zero-order valence-corrected chi connectivity index (χ0v) is 20.2. The fourth-order valence-corrected chi connectivity index (χ4v) is 8.59. The molecule has 0 aliphatic heterocycles. The number of carbonyl (C=O) groups is 2. The molecule has 8 atom stereocenters. The first kappa shape index (κ1) is 22.9. The van der Waals surface area contributed by atoms with Crippen LogP contribution in [0.15, 0.2) is 11.6 Å². The third-order valence-electron chi connectivity index (χ3n) is 10.2. The summed E-state index contributed by atoms with van der Waals surface area (Å²) >= 11 is 0. The highest BCUT2D eigenvalue weighted by molar-refractivity contribution is 5.69. The van der Waals surface area contributed by atoms with E-state index in [1.807, 2.05) is 0 Å². The highest BCUT2D eigenvalue weighted by atomic mass is 16.5. The SMILES string of the molecule is COC(=O)CC[C@@H](C)[C@H]1CC[C@H]2[C@@H]3CC=C4C[C@@H](OC(C)=O)CC[C@]4(C)[C@H]3CC[C@]12C. The van der Waals surface area contributed by atoms with Crippen LogP contribution in [0, 0.1) is 40.4 Å². The van der Waals surface area contributed by atoms with E-state index < -0.39 is 0 Å².